The van der Waals surface area contributed by atoms with Crippen LogP contribution in [0.2, 0.25) is 0 Å². The van der Waals surface area contributed by atoms with E-state index in [-0.39, 0.29) is 11.3 Å². The molecule has 25 heavy (non-hydrogen) atoms. The average Bonchev–Trinajstić information content (AvgIpc) is 2.93. The quantitative estimate of drug-likeness (QED) is 0.650. The highest BCUT2D eigenvalue weighted by atomic mass is 16.3. The Morgan fingerprint density at radius 1 is 1.28 bits per heavy atom. The number of Topliss-reactive ketones (excluding diaryl/α,β-unsaturated/α-hetero) is 1. The van der Waals surface area contributed by atoms with E-state index in [4.69, 9.17) is 4.42 Å². The maximum Gasteiger partial charge on any atom is 0.247 e. The van der Waals surface area contributed by atoms with Crippen molar-refractivity contribution in [2.24, 2.45) is 0 Å². The molecule has 0 fully saturated rings. The number of hydrogen-bond donors (Lipinski definition) is 2. The normalized spacial score (nSPS) is 10.8. The van der Waals surface area contributed by atoms with Gasteiger partial charge in [0, 0.05) is 35.3 Å². The van der Waals surface area contributed by atoms with Crippen molar-refractivity contribution in [1.29, 1.82) is 0 Å². The molecule has 3 aromatic rings. The lowest BCUT2D eigenvalue weighted by Crippen LogP contribution is -2.07. The molecule has 5 nitrogen and oxygen atoms in total. The molecule has 0 bridgehead atoms. The van der Waals surface area contributed by atoms with E-state index in [0.717, 1.165) is 22.9 Å². The van der Waals surface area contributed by atoms with Gasteiger partial charge in [0.2, 0.25) is 5.56 Å². The van der Waals surface area contributed by atoms with Crippen LogP contribution in [-0.2, 0) is 0 Å². The number of ketones is 1. The van der Waals surface area contributed by atoms with Gasteiger partial charge in [0.05, 0.1) is 5.69 Å². The van der Waals surface area contributed by atoms with E-state index in [2.05, 4.69) is 16.9 Å². The Labute approximate surface area is 145 Å². The molecule has 0 amide bonds. The third kappa shape index (κ3) is 3.40. The van der Waals surface area contributed by atoms with Gasteiger partial charge in [-0.05, 0) is 31.5 Å². The largest absolute Gasteiger partial charge is 0.451 e. The molecule has 2 aromatic heterocycles. The zero-order chi connectivity index (χ0) is 18.0. The minimum Gasteiger partial charge on any atom is -0.451 e. The summed E-state index contributed by atoms with van der Waals surface area (Å²) in [6, 6.07) is 8.89. The van der Waals surface area contributed by atoms with Crippen LogP contribution < -0.4 is 10.9 Å². The lowest BCUT2D eigenvalue weighted by molar-refractivity contribution is 0.0958. The number of fused-ring (bicyclic) bond motifs is 1. The highest BCUT2D eigenvalue weighted by molar-refractivity contribution is 6.09. The molecule has 0 aliphatic carbocycles. The van der Waals surface area contributed by atoms with Crippen molar-refractivity contribution in [2.45, 2.75) is 26.7 Å². The van der Waals surface area contributed by atoms with Crippen LogP contribution in [0.15, 0.2) is 52.3 Å². The van der Waals surface area contributed by atoms with Crippen molar-refractivity contribution in [3.8, 4) is 0 Å². The fourth-order valence-corrected chi connectivity index (χ4v) is 2.69. The second kappa shape index (κ2) is 6.81. The van der Waals surface area contributed by atoms with Crippen LogP contribution in [-0.4, -0.2) is 10.8 Å². The van der Waals surface area contributed by atoms with Gasteiger partial charge in [-0.25, -0.2) is 0 Å². The fraction of sp³-hybridized carbons (Fsp3) is 0.200. The molecule has 0 atom stereocenters. The molecule has 0 aliphatic heterocycles. The molecular formula is C20H20N2O3. The number of aryl methyl sites for hydroxylation is 1. The van der Waals surface area contributed by atoms with Gasteiger partial charge in [0.25, 0.3) is 0 Å². The molecule has 0 saturated heterocycles. The summed E-state index contributed by atoms with van der Waals surface area (Å²) in [5.74, 6) is 0.265. The van der Waals surface area contributed by atoms with E-state index < -0.39 is 0 Å². The van der Waals surface area contributed by atoms with Crippen LogP contribution in [0.25, 0.3) is 16.7 Å². The summed E-state index contributed by atoms with van der Waals surface area (Å²) in [5.41, 5.74) is 3.47. The SMILES string of the molecule is C=C(Nc1c(C(=O)CCC)oc2ccc(C)cc12)c1ccc(=O)[nH]c1. The number of carbonyl (C=O) groups is 1. The third-order valence-corrected chi connectivity index (χ3v) is 3.98. The number of nitrogens with one attached hydrogen (secondary N) is 2. The van der Waals surface area contributed by atoms with Gasteiger partial charge in [-0.3, -0.25) is 9.59 Å². The zero-order valence-corrected chi connectivity index (χ0v) is 14.3. The molecule has 3 rings (SSSR count). The molecule has 2 N–H and O–H groups in total. The maximum absolute atomic E-state index is 12.5. The molecule has 0 unspecified atom stereocenters. The second-order valence-corrected chi connectivity index (χ2v) is 6.02. The smallest absolute Gasteiger partial charge is 0.247 e. The Hall–Kier alpha value is -3.08. The Morgan fingerprint density at radius 3 is 2.76 bits per heavy atom. The maximum atomic E-state index is 12.5. The van der Waals surface area contributed by atoms with Crippen LogP contribution in [0.1, 0.15) is 41.4 Å². The number of aromatic amines is 1. The summed E-state index contributed by atoms with van der Waals surface area (Å²) < 4.78 is 5.81. The number of aromatic nitrogens is 1. The minimum absolute atomic E-state index is 0.0480. The van der Waals surface area contributed by atoms with E-state index in [1.807, 2.05) is 32.0 Å². The molecule has 2 heterocycles. The van der Waals surface area contributed by atoms with Crippen molar-refractivity contribution in [3.05, 3.63) is 70.3 Å². The van der Waals surface area contributed by atoms with Gasteiger partial charge in [0.1, 0.15) is 5.58 Å². The van der Waals surface area contributed by atoms with Crippen LogP contribution >= 0.6 is 0 Å². The average molecular weight is 336 g/mol. The number of hydrogen-bond acceptors (Lipinski definition) is 4. The summed E-state index contributed by atoms with van der Waals surface area (Å²) in [6.45, 7) is 7.96. The van der Waals surface area contributed by atoms with Crippen LogP contribution in [0.5, 0.6) is 0 Å². The van der Waals surface area contributed by atoms with Gasteiger partial charge >= 0.3 is 0 Å². The molecular weight excluding hydrogens is 316 g/mol. The van der Waals surface area contributed by atoms with E-state index in [1.165, 1.54) is 6.07 Å². The molecule has 1 aromatic carbocycles. The standard InChI is InChI=1S/C20H20N2O3/c1-4-5-16(23)20-19(15-10-12(2)6-8-17(15)25-20)22-13(3)14-7-9-18(24)21-11-14/h6-11,22H,3-5H2,1-2H3,(H,21,24). The number of anilines is 1. The lowest BCUT2D eigenvalue weighted by Gasteiger charge is -2.10. The van der Waals surface area contributed by atoms with Crippen molar-refractivity contribution in [1.82, 2.24) is 4.98 Å². The zero-order valence-electron chi connectivity index (χ0n) is 14.3. The van der Waals surface area contributed by atoms with Gasteiger partial charge < -0.3 is 14.7 Å². The number of pyridine rings is 1. The molecule has 5 heteroatoms. The van der Waals surface area contributed by atoms with Crippen molar-refractivity contribution < 1.29 is 9.21 Å². The number of H-pyrrole nitrogens is 1. The topological polar surface area (TPSA) is 75.1 Å². The summed E-state index contributed by atoms with van der Waals surface area (Å²) >= 11 is 0. The van der Waals surface area contributed by atoms with Crippen LogP contribution in [0, 0.1) is 6.92 Å². The third-order valence-electron chi connectivity index (χ3n) is 3.98. The number of benzene rings is 1. The van der Waals surface area contributed by atoms with Gasteiger partial charge in [-0.1, -0.05) is 25.1 Å². The number of rotatable bonds is 6. The monoisotopic (exact) mass is 336 g/mol. The highest BCUT2D eigenvalue weighted by Crippen LogP contribution is 2.34. The summed E-state index contributed by atoms with van der Waals surface area (Å²) in [7, 11) is 0. The Kier molecular flexibility index (Phi) is 4.57. The minimum atomic E-state index is -0.181. The van der Waals surface area contributed by atoms with E-state index in [9.17, 15) is 9.59 Å². The van der Waals surface area contributed by atoms with E-state index in [1.54, 1.807) is 12.3 Å². The summed E-state index contributed by atoms with van der Waals surface area (Å²) in [4.78, 5) is 26.3. The Morgan fingerprint density at radius 2 is 2.08 bits per heavy atom. The molecule has 0 saturated carbocycles. The van der Waals surface area contributed by atoms with Crippen LogP contribution in [0.4, 0.5) is 5.69 Å². The van der Waals surface area contributed by atoms with Gasteiger partial charge in [-0.2, -0.15) is 0 Å². The molecule has 128 valence electrons. The van der Waals surface area contributed by atoms with Crippen molar-refractivity contribution >= 4 is 28.1 Å². The Bertz CT molecular complexity index is 991. The first-order valence-electron chi connectivity index (χ1n) is 8.21. The highest BCUT2D eigenvalue weighted by Gasteiger charge is 2.21. The first-order valence-corrected chi connectivity index (χ1v) is 8.21. The predicted molar refractivity (Wildman–Crippen MR) is 99.9 cm³/mol. The number of furan rings is 1. The lowest BCUT2D eigenvalue weighted by atomic mass is 10.1. The Balaban J connectivity index is 2.06. The van der Waals surface area contributed by atoms with E-state index >= 15 is 0 Å². The molecule has 0 aliphatic rings. The number of carbonyl (C=O) groups excluding carboxylic acids is 1. The summed E-state index contributed by atoms with van der Waals surface area (Å²) in [6.07, 6.45) is 2.74. The first kappa shape index (κ1) is 16.8. The molecule has 0 spiro atoms. The summed E-state index contributed by atoms with van der Waals surface area (Å²) in [5, 5.41) is 4.04. The first-order chi connectivity index (χ1) is 12.0. The van der Waals surface area contributed by atoms with Crippen molar-refractivity contribution in [3.63, 3.8) is 0 Å². The predicted octanol–water partition coefficient (Wildman–Crippen LogP) is 4.50. The van der Waals surface area contributed by atoms with Gasteiger partial charge in [-0.15, -0.1) is 0 Å². The van der Waals surface area contributed by atoms with Gasteiger partial charge in [0.15, 0.2) is 11.5 Å². The van der Waals surface area contributed by atoms with E-state index in [0.29, 0.717) is 29.1 Å². The van der Waals surface area contributed by atoms with Crippen molar-refractivity contribution in [2.75, 3.05) is 5.32 Å². The fourth-order valence-electron chi connectivity index (χ4n) is 2.69. The second-order valence-electron chi connectivity index (χ2n) is 6.02. The molecule has 0 radical (unpaired) electrons. The van der Waals surface area contributed by atoms with Crippen LogP contribution in [0.3, 0.4) is 0 Å².